The van der Waals surface area contributed by atoms with Gasteiger partial charge in [-0.15, -0.1) is 0 Å². The summed E-state index contributed by atoms with van der Waals surface area (Å²) in [5.74, 6) is -1.54. The van der Waals surface area contributed by atoms with Gasteiger partial charge in [0, 0.05) is 0 Å². The van der Waals surface area contributed by atoms with Crippen molar-refractivity contribution in [2.75, 3.05) is 13.2 Å². The Bertz CT molecular complexity index is 605. The van der Waals surface area contributed by atoms with Crippen LogP contribution in [0.3, 0.4) is 0 Å². The molecule has 24 heavy (non-hydrogen) atoms. The highest BCUT2D eigenvalue weighted by Crippen LogP contribution is 2.31. The number of nitrogens with one attached hydrogen (secondary N) is 1. The minimum absolute atomic E-state index is 0.0257. The van der Waals surface area contributed by atoms with Crippen LogP contribution < -0.4 is 10.1 Å². The van der Waals surface area contributed by atoms with Crippen molar-refractivity contribution < 1.29 is 37.3 Å². The summed E-state index contributed by atoms with van der Waals surface area (Å²) >= 11 is 0. The largest absolute Gasteiger partial charge is 0.492 e. The number of hydrogen-bond donors (Lipinski definition) is 2. The van der Waals surface area contributed by atoms with Crippen LogP contribution in [0.2, 0.25) is 0 Å². The topological polar surface area (TPSA) is 84.9 Å². The van der Waals surface area contributed by atoms with E-state index in [-0.39, 0.29) is 25.3 Å². The van der Waals surface area contributed by atoms with Crippen LogP contribution in [0.5, 0.6) is 5.75 Å². The number of hydrogen-bond acceptors (Lipinski definition) is 4. The molecule has 0 aromatic heterocycles. The number of amides is 1. The Morgan fingerprint density at radius 2 is 2.00 bits per heavy atom. The lowest BCUT2D eigenvalue weighted by Gasteiger charge is -2.13. The molecule has 1 heterocycles. The van der Waals surface area contributed by atoms with Crippen molar-refractivity contribution in [1.82, 2.24) is 5.32 Å². The van der Waals surface area contributed by atoms with Gasteiger partial charge < -0.3 is 19.9 Å². The van der Waals surface area contributed by atoms with Crippen molar-refractivity contribution >= 4 is 11.9 Å². The number of carbonyl (C=O) groups is 2. The molecule has 0 aliphatic carbocycles. The fourth-order valence-corrected chi connectivity index (χ4v) is 2.23. The van der Waals surface area contributed by atoms with E-state index in [9.17, 15) is 22.8 Å². The van der Waals surface area contributed by atoms with Gasteiger partial charge in [0.15, 0.2) is 6.10 Å². The van der Waals surface area contributed by atoms with Crippen molar-refractivity contribution in [1.29, 1.82) is 0 Å². The first-order valence-corrected chi connectivity index (χ1v) is 7.23. The van der Waals surface area contributed by atoms with Gasteiger partial charge in [-0.1, -0.05) is 6.07 Å². The molecule has 0 spiro atoms. The van der Waals surface area contributed by atoms with Crippen LogP contribution in [0.15, 0.2) is 24.3 Å². The number of carboxylic acid groups (broad SMARTS) is 1. The van der Waals surface area contributed by atoms with Crippen molar-refractivity contribution in [2.24, 2.45) is 0 Å². The Balaban J connectivity index is 1.73. The third-order valence-corrected chi connectivity index (χ3v) is 3.42. The smallest absolute Gasteiger partial charge is 0.416 e. The molecule has 1 aliphatic heterocycles. The van der Waals surface area contributed by atoms with Gasteiger partial charge in [0.1, 0.15) is 18.5 Å². The average Bonchev–Trinajstić information content (AvgIpc) is 3.01. The Morgan fingerprint density at radius 3 is 2.62 bits per heavy atom. The van der Waals surface area contributed by atoms with Crippen LogP contribution in [0.4, 0.5) is 13.2 Å². The van der Waals surface area contributed by atoms with E-state index < -0.39 is 35.8 Å². The molecule has 0 radical (unpaired) electrons. The van der Waals surface area contributed by atoms with E-state index in [1.54, 1.807) is 0 Å². The second kappa shape index (κ2) is 7.52. The van der Waals surface area contributed by atoms with E-state index in [2.05, 4.69) is 5.32 Å². The molecule has 2 rings (SSSR count). The number of alkyl halides is 3. The Morgan fingerprint density at radius 1 is 1.29 bits per heavy atom. The summed E-state index contributed by atoms with van der Waals surface area (Å²) in [4.78, 5) is 22.5. The third-order valence-electron chi connectivity index (χ3n) is 3.42. The number of rotatable bonds is 6. The van der Waals surface area contributed by atoms with Crippen molar-refractivity contribution in [2.45, 2.75) is 31.2 Å². The summed E-state index contributed by atoms with van der Waals surface area (Å²) < 4.78 is 47.9. The molecule has 6 nitrogen and oxygen atoms in total. The molecule has 1 amide bonds. The van der Waals surface area contributed by atoms with Gasteiger partial charge in [0.05, 0.1) is 12.1 Å². The summed E-state index contributed by atoms with van der Waals surface area (Å²) in [6, 6.07) is 4.42. The molecule has 132 valence electrons. The molecule has 0 saturated carbocycles. The van der Waals surface area contributed by atoms with Gasteiger partial charge in [0.2, 0.25) is 5.91 Å². The fraction of sp³-hybridized carbons (Fsp3) is 0.467. The highest BCUT2D eigenvalue weighted by atomic mass is 19.4. The van der Waals surface area contributed by atoms with Crippen LogP contribution in [0.1, 0.15) is 18.4 Å². The zero-order chi connectivity index (χ0) is 17.7. The van der Waals surface area contributed by atoms with Crippen LogP contribution in [0, 0.1) is 0 Å². The molecule has 0 bridgehead atoms. The number of ether oxygens (including phenoxy) is 2. The quantitative estimate of drug-likeness (QED) is 0.767. The van der Waals surface area contributed by atoms with Crippen molar-refractivity contribution in [3.63, 3.8) is 0 Å². The summed E-state index contributed by atoms with van der Waals surface area (Å²) in [5.41, 5.74) is -0.817. The van der Waals surface area contributed by atoms with Gasteiger partial charge in [-0.3, -0.25) is 4.79 Å². The molecule has 1 aromatic carbocycles. The first kappa shape index (κ1) is 18.1. The highest BCUT2D eigenvalue weighted by Gasteiger charge is 2.34. The van der Waals surface area contributed by atoms with Crippen LogP contribution in [-0.4, -0.2) is 42.3 Å². The summed E-state index contributed by atoms with van der Waals surface area (Å²) in [5, 5.41) is 11.3. The second-order valence-corrected chi connectivity index (χ2v) is 5.19. The van der Waals surface area contributed by atoms with Crippen molar-refractivity contribution in [3.05, 3.63) is 29.8 Å². The summed E-state index contributed by atoms with van der Waals surface area (Å²) in [7, 11) is 0. The monoisotopic (exact) mass is 347 g/mol. The second-order valence-electron chi connectivity index (χ2n) is 5.19. The van der Waals surface area contributed by atoms with Crippen molar-refractivity contribution in [3.8, 4) is 5.75 Å². The lowest BCUT2D eigenvalue weighted by atomic mass is 10.2. The molecular weight excluding hydrogens is 331 g/mol. The maximum atomic E-state index is 12.6. The maximum Gasteiger partial charge on any atom is 0.416 e. The van der Waals surface area contributed by atoms with Gasteiger partial charge >= 0.3 is 12.1 Å². The Kier molecular flexibility index (Phi) is 5.66. The van der Waals surface area contributed by atoms with Crippen LogP contribution in [0.25, 0.3) is 0 Å². The summed E-state index contributed by atoms with van der Waals surface area (Å²) in [6.07, 6.45) is -5.71. The molecule has 2 N–H and O–H groups in total. The molecule has 1 saturated heterocycles. The van der Waals surface area contributed by atoms with E-state index in [1.165, 1.54) is 12.1 Å². The first-order valence-electron chi connectivity index (χ1n) is 7.23. The van der Waals surface area contributed by atoms with E-state index in [0.29, 0.717) is 6.42 Å². The Hall–Kier alpha value is -2.29. The standard InChI is InChI=1S/C15H16F3NO5/c16-15(17,18)9-2-1-3-10(8-9)23-7-6-19-13(20)11-4-5-12(24-11)14(21)22/h1-3,8,11-12H,4-7H2,(H,19,20)(H,21,22)/t11-,12+/m0/s1. The van der Waals surface area contributed by atoms with E-state index in [4.69, 9.17) is 14.6 Å². The normalized spacial score (nSPS) is 20.6. The maximum absolute atomic E-state index is 12.6. The van der Waals surface area contributed by atoms with E-state index in [1.807, 2.05) is 0 Å². The van der Waals surface area contributed by atoms with Gasteiger partial charge in [-0.05, 0) is 31.0 Å². The predicted octanol–water partition coefficient (Wildman–Crippen LogP) is 1.83. The van der Waals surface area contributed by atoms with Gasteiger partial charge in [-0.25, -0.2) is 4.79 Å². The Labute approximate surface area is 135 Å². The first-order chi connectivity index (χ1) is 11.3. The zero-order valence-corrected chi connectivity index (χ0v) is 12.5. The molecule has 1 aromatic rings. The van der Waals surface area contributed by atoms with Gasteiger partial charge in [-0.2, -0.15) is 13.2 Å². The lowest BCUT2D eigenvalue weighted by molar-refractivity contribution is -0.151. The molecular formula is C15H16F3NO5. The highest BCUT2D eigenvalue weighted by molar-refractivity contribution is 5.82. The lowest BCUT2D eigenvalue weighted by Crippen LogP contribution is -2.37. The number of halogens is 3. The molecule has 1 aliphatic rings. The minimum Gasteiger partial charge on any atom is -0.492 e. The predicted molar refractivity (Wildman–Crippen MR) is 75.5 cm³/mol. The fourth-order valence-electron chi connectivity index (χ4n) is 2.23. The number of aliphatic carboxylic acids is 1. The molecule has 9 heteroatoms. The SMILES string of the molecule is O=C(NCCOc1cccc(C(F)(F)F)c1)[C@@H]1CC[C@H](C(=O)O)O1. The summed E-state index contributed by atoms with van der Waals surface area (Å²) in [6.45, 7) is 0.0365. The number of benzene rings is 1. The third kappa shape index (κ3) is 4.85. The minimum atomic E-state index is -4.45. The van der Waals surface area contributed by atoms with Crippen LogP contribution >= 0.6 is 0 Å². The number of carbonyl (C=O) groups excluding carboxylic acids is 1. The molecule has 2 atom stereocenters. The van der Waals surface area contributed by atoms with Gasteiger partial charge in [0.25, 0.3) is 0 Å². The number of carboxylic acids is 1. The van der Waals surface area contributed by atoms with Crippen LogP contribution in [-0.2, 0) is 20.5 Å². The zero-order valence-electron chi connectivity index (χ0n) is 12.5. The molecule has 0 unspecified atom stereocenters. The molecule has 1 fully saturated rings. The average molecular weight is 347 g/mol. The van der Waals surface area contributed by atoms with E-state index >= 15 is 0 Å². The van der Waals surface area contributed by atoms with E-state index in [0.717, 1.165) is 12.1 Å².